The zero-order chi connectivity index (χ0) is 33.1. The van der Waals surface area contributed by atoms with Gasteiger partial charge in [-0.3, -0.25) is 19.9 Å². The first-order valence-electron chi connectivity index (χ1n) is 14.3. The molecule has 1 fully saturated rings. The molecule has 1 atom stereocenters. The van der Waals surface area contributed by atoms with E-state index in [4.69, 9.17) is 0 Å². The van der Waals surface area contributed by atoms with Gasteiger partial charge in [0.05, 0.1) is 17.2 Å². The molecule has 1 aromatic heterocycles. The highest BCUT2D eigenvalue weighted by molar-refractivity contribution is 7.91. The number of aromatic nitrogens is 1. The third kappa shape index (κ3) is 8.82. The minimum absolute atomic E-state index is 0.124. The Hall–Kier alpha value is -3.43. The largest absolute Gasteiger partial charge is 0.465 e. The minimum Gasteiger partial charge on any atom is -0.465 e. The number of benzene rings is 1. The van der Waals surface area contributed by atoms with Gasteiger partial charge in [-0.05, 0) is 51.3 Å². The van der Waals surface area contributed by atoms with Gasteiger partial charge < -0.3 is 20.8 Å². The average Bonchev–Trinajstić information content (AvgIpc) is 3.22. The third-order valence-electron chi connectivity index (χ3n) is 7.37. The van der Waals surface area contributed by atoms with Crippen LogP contribution in [0.3, 0.4) is 0 Å². The lowest BCUT2D eigenvalue weighted by Gasteiger charge is -2.55. The Morgan fingerprint density at radius 3 is 2.07 bits per heavy atom. The van der Waals surface area contributed by atoms with E-state index in [1.807, 2.05) is 12.1 Å². The number of anilines is 2. The van der Waals surface area contributed by atoms with Crippen LogP contribution >= 0.6 is 11.3 Å². The highest BCUT2D eigenvalue weighted by atomic mass is 32.2. The van der Waals surface area contributed by atoms with Crippen molar-refractivity contribution in [1.29, 1.82) is 0 Å². The fourth-order valence-corrected chi connectivity index (χ4v) is 7.56. The fraction of sp³-hybridized carbons (Fsp3) is 0.586. The van der Waals surface area contributed by atoms with Crippen LogP contribution in [0.2, 0.25) is 0 Å². The van der Waals surface area contributed by atoms with Gasteiger partial charge in [0.25, 0.3) is 0 Å². The molecule has 1 unspecified atom stereocenters. The van der Waals surface area contributed by atoms with Crippen LogP contribution in [0, 0.1) is 5.41 Å². The summed E-state index contributed by atoms with van der Waals surface area (Å²) >= 11 is 1.39. The highest BCUT2D eigenvalue weighted by Crippen LogP contribution is 2.39. The van der Waals surface area contributed by atoms with E-state index < -0.39 is 38.8 Å². The Morgan fingerprint density at radius 1 is 1.00 bits per heavy atom. The van der Waals surface area contributed by atoms with E-state index in [1.165, 1.54) is 18.3 Å². The topological polar surface area (TPSA) is 181 Å². The number of hydrogen-bond acceptors (Lipinski definition) is 9. The van der Waals surface area contributed by atoms with E-state index in [-0.39, 0.29) is 17.4 Å². The van der Waals surface area contributed by atoms with Crippen molar-refractivity contribution >= 4 is 50.1 Å². The molecule has 0 bridgehead atoms. The molecule has 1 saturated heterocycles. The fourth-order valence-electron chi connectivity index (χ4n) is 5.19. The molecule has 0 saturated carbocycles. The molecule has 2 heterocycles. The molecule has 44 heavy (non-hydrogen) atoms. The van der Waals surface area contributed by atoms with Crippen molar-refractivity contribution in [3.63, 3.8) is 0 Å². The summed E-state index contributed by atoms with van der Waals surface area (Å²) in [5.41, 5.74) is 0.446. The lowest BCUT2D eigenvalue weighted by molar-refractivity contribution is -0.114. The molecule has 1 aliphatic rings. The zero-order valence-corrected chi connectivity index (χ0v) is 28.0. The Bertz CT molecular complexity index is 1450. The highest BCUT2D eigenvalue weighted by Gasteiger charge is 2.54. The van der Waals surface area contributed by atoms with Crippen molar-refractivity contribution in [3.05, 3.63) is 40.4 Å². The summed E-state index contributed by atoms with van der Waals surface area (Å²) in [4.78, 5) is 45.0. The summed E-state index contributed by atoms with van der Waals surface area (Å²) in [6, 6.07) is 7.33. The summed E-state index contributed by atoms with van der Waals surface area (Å²) in [6.07, 6.45) is -1.46. The van der Waals surface area contributed by atoms with E-state index in [1.54, 1.807) is 53.7 Å². The number of sulfone groups is 1. The molecule has 3 rings (SSSR count). The van der Waals surface area contributed by atoms with Crippen LogP contribution in [0.1, 0.15) is 64.6 Å². The first-order valence-corrected chi connectivity index (χ1v) is 17.0. The Balaban J connectivity index is 1.83. The Labute approximate surface area is 263 Å². The molecule has 244 valence electrons. The van der Waals surface area contributed by atoms with Gasteiger partial charge in [0.2, 0.25) is 11.7 Å². The van der Waals surface area contributed by atoms with Crippen LogP contribution in [0.15, 0.2) is 24.3 Å². The second kappa shape index (κ2) is 13.3. The molecule has 3 amide bonds. The number of aryl methyl sites for hydroxylation is 2. The van der Waals surface area contributed by atoms with Crippen molar-refractivity contribution in [3.8, 4) is 0 Å². The van der Waals surface area contributed by atoms with Crippen LogP contribution in [0.4, 0.5) is 20.4 Å². The summed E-state index contributed by atoms with van der Waals surface area (Å²) in [5.74, 6) is -1.69. The Kier molecular flexibility index (Phi) is 10.6. The quantitative estimate of drug-likeness (QED) is 0.233. The lowest BCUT2D eigenvalue weighted by Crippen LogP contribution is -2.76. The normalized spacial score (nSPS) is 16.9. The molecule has 0 aliphatic carbocycles. The number of amides is 3. The van der Waals surface area contributed by atoms with Gasteiger partial charge in [-0.1, -0.05) is 32.9 Å². The smallest absolute Gasteiger partial charge is 0.411 e. The van der Waals surface area contributed by atoms with Crippen LogP contribution in [-0.4, -0.2) is 87.4 Å². The van der Waals surface area contributed by atoms with E-state index in [0.29, 0.717) is 43.3 Å². The molecule has 0 spiro atoms. The number of carbonyl (C=O) groups is 3. The number of hydrogen-bond donors (Lipinski definition) is 5. The molecular formula is C29H44N6O7S2. The number of carboxylic acid groups (broad SMARTS) is 2. The second-order valence-electron chi connectivity index (χ2n) is 13.0. The van der Waals surface area contributed by atoms with Crippen molar-refractivity contribution in [2.45, 2.75) is 79.2 Å². The van der Waals surface area contributed by atoms with E-state index in [2.05, 4.69) is 25.8 Å². The zero-order valence-electron chi connectivity index (χ0n) is 26.4. The van der Waals surface area contributed by atoms with Crippen molar-refractivity contribution in [2.24, 2.45) is 5.41 Å². The van der Waals surface area contributed by atoms with Crippen LogP contribution in [0.5, 0.6) is 0 Å². The molecular weight excluding hydrogens is 608 g/mol. The molecule has 1 aromatic carbocycles. The van der Waals surface area contributed by atoms with E-state index >= 15 is 0 Å². The molecule has 15 heteroatoms. The molecule has 13 nitrogen and oxygen atoms in total. The number of thiazole rings is 1. The Morgan fingerprint density at radius 2 is 1.59 bits per heavy atom. The minimum atomic E-state index is -3.00. The molecule has 5 N–H and O–H groups in total. The van der Waals surface area contributed by atoms with Crippen LogP contribution in [0.25, 0.3) is 0 Å². The van der Waals surface area contributed by atoms with Gasteiger partial charge in [-0.15, -0.1) is 11.3 Å². The van der Waals surface area contributed by atoms with Crippen molar-refractivity contribution < 1.29 is 33.0 Å². The predicted octanol–water partition coefficient (Wildman–Crippen LogP) is 4.28. The predicted molar refractivity (Wildman–Crippen MR) is 171 cm³/mol. The van der Waals surface area contributed by atoms with Crippen LogP contribution < -0.4 is 16.0 Å². The molecule has 1 aliphatic heterocycles. The van der Waals surface area contributed by atoms with Crippen LogP contribution in [-0.2, 0) is 34.0 Å². The monoisotopic (exact) mass is 652 g/mol. The summed E-state index contributed by atoms with van der Waals surface area (Å²) in [7, 11) is -3.00. The standard InChI is InChI=1S/C29H44N6O7S2/c1-19(36)30-24-31-22(23(43-24)18-34-14-16-44(41,42)17-15-34)13-10-20-8-11-21(12-9-20)32-29(27(2,3)4,33-25(37)38)35(26(39)40)28(5,6)7/h8-9,11-12,32-33H,10,13-18H2,1-7H3,(H,37,38)(H,39,40)(H,30,31,36). The average molecular weight is 653 g/mol. The number of rotatable bonds is 10. The van der Waals surface area contributed by atoms with Gasteiger partial charge in [0, 0.05) is 48.1 Å². The number of carbonyl (C=O) groups excluding carboxylic acids is 1. The molecule has 2 aromatic rings. The summed E-state index contributed by atoms with van der Waals surface area (Å²) in [6.45, 7) is 13.2. The van der Waals surface area contributed by atoms with Crippen molar-refractivity contribution in [2.75, 3.05) is 35.2 Å². The number of nitrogens with zero attached hydrogens (tertiary/aromatic N) is 3. The maximum atomic E-state index is 12.5. The molecule has 0 radical (unpaired) electrons. The van der Waals surface area contributed by atoms with Gasteiger partial charge in [0.1, 0.15) is 0 Å². The van der Waals surface area contributed by atoms with Gasteiger partial charge >= 0.3 is 12.2 Å². The van der Waals surface area contributed by atoms with Gasteiger partial charge in [-0.25, -0.2) is 23.0 Å². The first kappa shape index (κ1) is 35.1. The van der Waals surface area contributed by atoms with Gasteiger partial charge in [-0.2, -0.15) is 0 Å². The maximum absolute atomic E-state index is 12.5. The van der Waals surface area contributed by atoms with Gasteiger partial charge in [0.15, 0.2) is 15.0 Å². The second-order valence-corrected chi connectivity index (χ2v) is 16.4. The maximum Gasteiger partial charge on any atom is 0.411 e. The first-order chi connectivity index (χ1) is 20.2. The lowest BCUT2D eigenvalue weighted by atomic mass is 9.82. The summed E-state index contributed by atoms with van der Waals surface area (Å²) < 4.78 is 23.7. The third-order valence-corrected chi connectivity index (χ3v) is 9.97. The van der Waals surface area contributed by atoms with Crippen molar-refractivity contribution in [1.82, 2.24) is 20.1 Å². The summed E-state index contributed by atoms with van der Waals surface area (Å²) in [5, 5.41) is 28.9. The van der Waals surface area contributed by atoms with E-state index in [9.17, 15) is 33.0 Å². The SMILES string of the molecule is CC(=O)Nc1nc(CCc2ccc(NC(NC(=O)O)(N(C(=O)O)C(C)(C)C)C(C)(C)C)cc2)c(CN2CCS(=O)(=O)CC2)s1. The van der Waals surface area contributed by atoms with E-state index in [0.717, 1.165) is 21.0 Å². The number of nitrogens with one attached hydrogen (secondary N) is 3.